The first-order chi connectivity index (χ1) is 11.1. The lowest BCUT2D eigenvalue weighted by atomic mass is 10.2. The molecule has 0 amide bonds. The van der Waals surface area contributed by atoms with Gasteiger partial charge < -0.3 is 14.0 Å². The molecule has 2 aromatic rings. The number of nitrogens with zero attached hydrogens (tertiary/aromatic N) is 1. The number of hydrogen-bond acceptors (Lipinski definition) is 5. The Morgan fingerprint density at radius 2 is 1.91 bits per heavy atom. The highest BCUT2D eigenvalue weighted by atomic mass is 16.5. The molecule has 5 heteroatoms. The van der Waals surface area contributed by atoms with Crippen LogP contribution in [0.25, 0.3) is 0 Å². The molecule has 3 rings (SSSR count). The fraction of sp³-hybridized carbons (Fsp3) is 0.444. The van der Waals surface area contributed by atoms with E-state index in [4.69, 9.17) is 14.0 Å². The molecule has 5 nitrogen and oxygen atoms in total. The van der Waals surface area contributed by atoms with Gasteiger partial charge in [-0.25, -0.2) is 4.79 Å². The third-order valence-corrected chi connectivity index (χ3v) is 4.22. The van der Waals surface area contributed by atoms with E-state index in [1.165, 1.54) is 12.8 Å². The molecule has 0 bridgehead atoms. The van der Waals surface area contributed by atoms with Crippen molar-refractivity contribution in [3.05, 3.63) is 46.8 Å². The summed E-state index contributed by atoms with van der Waals surface area (Å²) in [4.78, 5) is 12.1. The molecule has 1 aromatic carbocycles. The smallest absolute Gasteiger partial charge is 0.338 e. The molecule has 0 radical (unpaired) electrons. The maximum Gasteiger partial charge on any atom is 0.338 e. The summed E-state index contributed by atoms with van der Waals surface area (Å²) in [5.41, 5.74) is 2.07. The van der Waals surface area contributed by atoms with Crippen LogP contribution in [0.4, 0.5) is 0 Å². The van der Waals surface area contributed by atoms with Gasteiger partial charge in [0, 0.05) is 0 Å². The van der Waals surface area contributed by atoms with Crippen molar-refractivity contribution in [3.63, 3.8) is 0 Å². The summed E-state index contributed by atoms with van der Waals surface area (Å²) < 4.78 is 16.3. The zero-order valence-corrected chi connectivity index (χ0v) is 13.5. The highest BCUT2D eigenvalue weighted by Gasteiger charge is 2.17. The van der Waals surface area contributed by atoms with Crippen molar-refractivity contribution in [3.8, 4) is 5.75 Å². The average molecular weight is 315 g/mol. The van der Waals surface area contributed by atoms with E-state index in [-0.39, 0.29) is 12.6 Å². The minimum atomic E-state index is -0.364. The van der Waals surface area contributed by atoms with Crippen LogP contribution in [0.2, 0.25) is 0 Å². The standard InChI is InChI=1S/C18H21NO4/c1-12-17(13(2)23-19-12)11-21-18(20)14-7-9-16(10-8-14)22-15-5-3-4-6-15/h7-10,15H,3-6,11H2,1-2H3. The summed E-state index contributed by atoms with van der Waals surface area (Å²) in [6.45, 7) is 3.80. The summed E-state index contributed by atoms with van der Waals surface area (Å²) in [6.07, 6.45) is 5.00. The third kappa shape index (κ3) is 3.73. The van der Waals surface area contributed by atoms with Crippen LogP contribution < -0.4 is 4.74 Å². The number of carbonyl (C=O) groups excluding carboxylic acids is 1. The van der Waals surface area contributed by atoms with E-state index in [2.05, 4.69) is 5.16 Å². The predicted molar refractivity (Wildman–Crippen MR) is 84.4 cm³/mol. The zero-order valence-electron chi connectivity index (χ0n) is 13.5. The van der Waals surface area contributed by atoms with Crippen LogP contribution in [0, 0.1) is 13.8 Å². The van der Waals surface area contributed by atoms with Gasteiger partial charge in [-0.15, -0.1) is 0 Å². The summed E-state index contributed by atoms with van der Waals surface area (Å²) >= 11 is 0. The van der Waals surface area contributed by atoms with Gasteiger partial charge in [-0.3, -0.25) is 0 Å². The van der Waals surface area contributed by atoms with E-state index in [0.29, 0.717) is 17.4 Å². The predicted octanol–water partition coefficient (Wildman–Crippen LogP) is 3.97. The second-order valence-corrected chi connectivity index (χ2v) is 5.93. The second-order valence-electron chi connectivity index (χ2n) is 5.93. The van der Waals surface area contributed by atoms with Crippen molar-refractivity contribution < 1.29 is 18.8 Å². The van der Waals surface area contributed by atoms with Gasteiger partial charge >= 0.3 is 5.97 Å². The minimum absolute atomic E-state index is 0.167. The van der Waals surface area contributed by atoms with E-state index in [1.807, 2.05) is 19.1 Å². The van der Waals surface area contributed by atoms with Gasteiger partial charge in [-0.05, 0) is 63.8 Å². The minimum Gasteiger partial charge on any atom is -0.490 e. The maximum absolute atomic E-state index is 12.1. The maximum atomic E-state index is 12.1. The molecule has 1 fully saturated rings. The van der Waals surface area contributed by atoms with E-state index >= 15 is 0 Å². The van der Waals surface area contributed by atoms with E-state index in [1.54, 1.807) is 19.1 Å². The van der Waals surface area contributed by atoms with Crippen molar-refractivity contribution in [1.82, 2.24) is 5.16 Å². The molecule has 0 N–H and O–H groups in total. The molecule has 0 aliphatic heterocycles. The number of carbonyl (C=O) groups is 1. The number of esters is 1. The number of hydrogen-bond donors (Lipinski definition) is 0. The van der Waals surface area contributed by atoms with Crippen molar-refractivity contribution in [2.75, 3.05) is 0 Å². The number of ether oxygens (including phenoxy) is 2. The zero-order chi connectivity index (χ0) is 16.2. The van der Waals surface area contributed by atoms with Gasteiger partial charge in [0.2, 0.25) is 0 Å². The topological polar surface area (TPSA) is 61.6 Å². The Labute approximate surface area is 135 Å². The monoisotopic (exact) mass is 315 g/mol. The van der Waals surface area contributed by atoms with E-state index in [9.17, 15) is 4.79 Å². The van der Waals surface area contributed by atoms with Gasteiger partial charge in [-0.2, -0.15) is 0 Å². The van der Waals surface area contributed by atoms with Crippen molar-refractivity contribution in [2.45, 2.75) is 52.2 Å². The summed E-state index contributed by atoms with van der Waals surface area (Å²) in [5.74, 6) is 1.12. The van der Waals surface area contributed by atoms with E-state index < -0.39 is 0 Å². The lowest BCUT2D eigenvalue weighted by Gasteiger charge is -2.13. The first kappa shape index (κ1) is 15.6. The molecule has 0 saturated heterocycles. The number of benzene rings is 1. The molecule has 1 aromatic heterocycles. The Bertz CT molecular complexity index is 649. The van der Waals surface area contributed by atoms with Crippen LogP contribution in [0.15, 0.2) is 28.8 Å². The molecule has 1 saturated carbocycles. The summed E-state index contributed by atoms with van der Waals surface area (Å²) in [6, 6.07) is 7.12. The summed E-state index contributed by atoms with van der Waals surface area (Å²) in [5, 5.41) is 3.84. The van der Waals surface area contributed by atoms with Crippen LogP contribution in [-0.4, -0.2) is 17.2 Å². The quantitative estimate of drug-likeness (QED) is 0.781. The molecule has 0 spiro atoms. The molecule has 23 heavy (non-hydrogen) atoms. The Morgan fingerprint density at radius 1 is 1.22 bits per heavy atom. The lowest BCUT2D eigenvalue weighted by Crippen LogP contribution is -2.11. The van der Waals surface area contributed by atoms with Crippen LogP contribution >= 0.6 is 0 Å². The van der Waals surface area contributed by atoms with Gasteiger partial charge in [-0.1, -0.05) is 5.16 Å². The SMILES string of the molecule is Cc1noc(C)c1COC(=O)c1ccc(OC2CCCC2)cc1. The van der Waals surface area contributed by atoms with Crippen molar-refractivity contribution >= 4 is 5.97 Å². The Morgan fingerprint density at radius 3 is 2.52 bits per heavy atom. The van der Waals surface area contributed by atoms with Gasteiger partial charge in [0.05, 0.1) is 22.9 Å². The lowest BCUT2D eigenvalue weighted by molar-refractivity contribution is 0.0471. The molecule has 122 valence electrons. The molecule has 0 atom stereocenters. The van der Waals surface area contributed by atoms with Gasteiger partial charge in [0.1, 0.15) is 18.1 Å². The van der Waals surface area contributed by atoms with Crippen LogP contribution in [0.1, 0.15) is 53.1 Å². The fourth-order valence-corrected chi connectivity index (χ4v) is 2.80. The molecule has 1 heterocycles. The molecule has 0 unspecified atom stereocenters. The number of rotatable bonds is 5. The van der Waals surface area contributed by atoms with Gasteiger partial charge in [0.15, 0.2) is 0 Å². The van der Waals surface area contributed by atoms with Crippen molar-refractivity contribution in [1.29, 1.82) is 0 Å². The molecular formula is C18H21NO4. The summed E-state index contributed by atoms with van der Waals surface area (Å²) in [7, 11) is 0. The Kier molecular flexibility index (Phi) is 4.65. The van der Waals surface area contributed by atoms with Crippen LogP contribution in [-0.2, 0) is 11.3 Å². The van der Waals surface area contributed by atoms with E-state index in [0.717, 1.165) is 29.8 Å². The Hall–Kier alpha value is -2.30. The molecule has 1 aliphatic rings. The first-order valence-corrected chi connectivity index (χ1v) is 7.99. The highest BCUT2D eigenvalue weighted by Crippen LogP contribution is 2.24. The van der Waals surface area contributed by atoms with Crippen LogP contribution in [0.3, 0.4) is 0 Å². The first-order valence-electron chi connectivity index (χ1n) is 7.99. The van der Waals surface area contributed by atoms with Crippen molar-refractivity contribution in [2.24, 2.45) is 0 Å². The fourth-order valence-electron chi connectivity index (χ4n) is 2.80. The average Bonchev–Trinajstić information content (AvgIpc) is 3.17. The molecule has 1 aliphatic carbocycles. The number of aromatic nitrogens is 1. The largest absolute Gasteiger partial charge is 0.490 e. The number of aryl methyl sites for hydroxylation is 2. The second kappa shape index (κ2) is 6.86. The third-order valence-electron chi connectivity index (χ3n) is 4.22. The van der Waals surface area contributed by atoms with Crippen LogP contribution in [0.5, 0.6) is 5.75 Å². The normalized spacial score (nSPS) is 14.9. The van der Waals surface area contributed by atoms with Gasteiger partial charge in [0.25, 0.3) is 0 Å². The molecular weight excluding hydrogens is 294 g/mol. The Balaban J connectivity index is 1.57. The highest BCUT2D eigenvalue weighted by molar-refractivity contribution is 5.89.